The number of amides is 1. The van der Waals surface area contributed by atoms with E-state index >= 15 is 0 Å². The molecule has 17 heavy (non-hydrogen) atoms. The van der Waals surface area contributed by atoms with Crippen LogP contribution in [0, 0.1) is 0 Å². The Morgan fingerprint density at radius 2 is 2.00 bits per heavy atom. The Hall–Kier alpha value is -0.420. The highest BCUT2D eigenvalue weighted by molar-refractivity contribution is 7.93. The fourth-order valence-corrected chi connectivity index (χ4v) is 2.27. The molecule has 1 aliphatic rings. The van der Waals surface area contributed by atoms with Gasteiger partial charge in [-0.05, 0) is 52.1 Å². The van der Waals surface area contributed by atoms with Crippen molar-refractivity contribution < 1.29 is 13.7 Å². The van der Waals surface area contributed by atoms with Gasteiger partial charge < -0.3 is 13.8 Å². The maximum Gasteiger partial charge on any atom is 0.410 e. The quantitative estimate of drug-likeness (QED) is 0.716. The topological polar surface area (TPSA) is 38.8 Å². The van der Waals surface area contributed by atoms with E-state index in [0.717, 1.165) is 32.4 Å². The molecule has 0 aromatic carbocycles. The third-order valence-corrected chi connectivity index (χ3v) is 3.02. The van der Waals surface area contributed by atoms with Gasteiger partial charge in [0.25, 0.3) is 0 Å². The standard InChI is InChI=1S/C12H23NO3S/c1-12(2,3)15-11(14)13-8-5-6-10(7-9-13)16-17-4/h10H,5-9H2,1-4H3. The Balaban J connectivity index is 2.43. The summed E-state index contributed by atoms with van der Waals surface area (Å²) in [6.45, 7) is 7.16. The van der Waals surface area contributed by atoms with Crippen LogP contribution in [0.3, 0.4) is 0 Å². The van der Waals surface area contributed by atoms with Crippen LogP contribution in [0.4, 0.5) is 4.79 Å². The minimum atomic E-state index is -0.418. The fraction of sp³-hybridized carbons (Fsp3) is 0.917. The zero-order valence-electron chi connectivity index (χ0n) is 11.2. The van der Waals surface area contributed by atoms with Crippen molar-refractivity contribution in [3.8, 4) is 0 Å². The molecule has 1 heterocycles. The summed E-state index contributed by atoms with van der Waals surface area (Å²) in [6, 6.07) is 0. The molecule has 0 N–H and O–H groups in total. The highest BCUT2D eigenvalue weighted by atomic mass is 32.2. The molecule has 5 heteroatoms. The molecule has 0 saturated carbocycles. The van der Waals surface area contributed by atoms with Gasteiger partial charge in [0.05, 0.1) is 6.10 Å². The average molecular weight is 261 g/mol. The van der Waals surface area contributed by atoms with Crippen LogP contribution in [0.5, 0.6) is 0 Å². The number of hydrogen-bond acceptors (Lipinski definition) is 4. The molecule has 0 aromatic rings. The largest absolute Gasteiger partial charge is 0.444 e. The van der Waals surface area contributed by atoms with E-state index in [9.17, 15) is 4.79 Å². The van der Waals surface area contributed by atoms with Crippen molar-refractivity contribution in [1.82, 2.24) is 4.90 Å². The second-order valence-corrected chi connectivity index (χ2v) is 5.81. The van der Waals surface area contributed by atoms with E-state index in [-0.39, 0.29) is 12.2 Å². The van der Waals surface area contributed by atoms with Crippen molar-refractivity contribution in [2.24, 2.45) is 0 Å². The molecular formula is C12H23NO3S. The van der Waals surface area contributed by atoms with E-state index in [1.807, 2.05) is 27.0 Å². The molecule has 1 saturated heterocycles. The molecule has 0 radical (unpaired) electrons. The minimum absolute atomic E-state index is 0.206. The molecule has 0 aromatic heterocycles. The normalized spacial score (nSPS) is 22.1. The third kappa shape index (κ3) is 5.64. The fourth-order valence-electron chi connectivity index (χ4n) is 1.81. The first-order chi connectivity index (χ1) is 7.92. The summed E-state index contributed by atoms with van der Waals surface area (Å²) >= 11 is 1.40. The van der Waals surface area contributed by atoms with E-state index in [2.05, 4.69) is 0 Å². The highest BCUT2D eigenvalue weighted by Gasteiger charge is 2.25. The molecule has 0 bridgehead atoms. The summed E-state index contributed by atoms with van der Waals surface area (Å²) in [5.41, 5.74) is -0.418. The van der Waals surface area contributed by atoms with Crippen LogP contribution in [0.1, 0.15) is 40.0 Å². The van der Waals surface area contributed by atoms with Crippen LogP contribution >= 0.6 is 12.0 Å². The van der Waals surface area contributed by atoms with Crippen LogP contribution in [0.15, 0.2) is 0 Å². The van der Waals surface area contributed by atoms with Crippen molar-refractivity contribution in [2.45, 2.75) is 51.7 Å². The molecule has 0 aliphatic carbocycles. The van der Waals surface area contributed by atoms with E-state index in [1.165, 1.54) is 12.0 Å². The summed E-state index contributed by atoms with van der Waals surface area (Å²) in [7, 11) is 0. The SMILES string of the molecule is CSOC1CCCN(C(=O)OC(C)(C)C)CC1. The van der Waals surface area contributed by atoms with Crippen molar-refractivity contribution in [2.75, 3.05) is 19.3 Å². The predicted molar refractivity (Wildman–Crippen MR) is 70.0 cm³/mol. The van der Waals surface area contributed by atoms with Crippen molar-refractivity contribution >= 4 is 18.1 Å². The van der Waals surface area contributed by atoms with Gasteiger partial charge >= 0.3 is 6.09 Å². The van der Waals surface area contributed by atoms with Gasteiger partial charge in [0.1, 0.15) is 5.60 Å². The van der Waals surface area contributed by atoms with Gasteiger partial charge in [-0.3, -0.25) is 0 Å². The van der Waals surface area contributed by atoms with E-state index < -0.39 is 5.60 Å². The van der Waals surface area contributed by atoms with Gasteiger partial charge in [-0.15, -0.1) is 0 Å². The first-order valence-electron chi connectivity index (χ1n) is 6.10. The molecule has 0 spiro atoms. The Kier molecular flexibility index (Phi) is 5.59. The first-order valence-corrected chi connectivity index (χ1v) is 7.25. The third-order valence-electron chi connectivity index (χ3n) is 2.56. The Labute approximate surface area is 108 Å². The lowest BCUT2D eigenvalue weighted by molar-refractivity contribution is 0.0253. The molecule has 100 valence electrons. The van der Waals surface area contributed by atoms with E-state index in [1.54, 1.807) is 4.90 Å². The molecule has 1 atom stereocenters. The summed E-state index contributed by atoms with van der Waals surface area (Å²) in [6.07, 6.45) is 4.86. The smallest absolute Gasteiger partial charge is 0.410 e. The van der Waals surface area contributed by atoms with Crippen LogP contribution in [0.2, 0.25) is 0 Å². The highest BCUT2D eigenvalue weighted by Crippen LogP contribution is 2.19. The summed E-state index contributed by atoms with van der Waals surface area (Å²) in [5, 5.41) is 0. The monoisotopic (exact) mass is 261 g/mol. The summed E-state index contributed by atoms with van der Waals surface area (Å²) in [5.74, 6) is 0. The van der Waals surface area contributed by atoms with Crippen molar-refractivity contribution in [3.05, 3.63) is 0 Å². The molecular weight excluding hydrogens is 238 g/mol. The number of ether oxygens (including phenoxy) is 1. The number of nitrogens with zero attached hydrogens (tertiary/aromatic N) is 1. The number of carbonyl (C=O) groups excluding carboxylic acids is 1. The Morgan fingerprint density at radius 3 is 2.59 bits per heavy atom. The van der Waals surface area contributed by atoms with Crippen LogP contribution in [-0.2, 0) is 8.92 Å². The van der Waals surface area contributed by atoms with Crippen molar-refractivity contribution in [3.63, 3.8) is 0 Å². The summed E-state index contributed by atoms with van der Waals surface area (Å²) < 4.78 is 10.9. The number of hydrogen-bond donors (Lipinski definition) is 0. The maximum absolute atomic E-state index is 11.9. The number of likely N-dealkylation sites (tertiary alicyclic amines) is 1. The van der Waals surface area contributed by atoms with Gasteiger partial charge in [0, 0.05) is 19.3 Å². The van der Waals surface area contributed by atoms with Crippen LogP contribution in [-0.4, -0.2) is 42.0 Å². The lowest BCUT2D eigenvalue weighted by Gasteiger charge is -2.26. The predicted octanol–water partition coefficient (Wildman–Crippen LogP) is 3.07. The minimum Gasteiger partial charge on any atom is -0.444 e. The second-order valence-electron chi connectivity index (χ2n) is 5.28. The number of carbonyl (C=O) groups is 1. The Bertz CT molecular complexity index is 253. The van der Waals surface area contributed by atoms with Crippen LogP contribution < -0.4 is 0 Å². The molecule has 1 unspecified atom stereocenters. The first kappa shape index (κ1) is 14.6. The molecule has 1 aliphatic heterocycles. The van der Waals surface area contributed by atoms with Crippen LogP contribution in [0.25, 0.3) is 0 Å². The molecule has 4 nitrogen and oxygen atoms in total. The molecule has 1 fully saturated rings. The Morgan fingerprint density at radius 1 is 1.29 bits per heavy atom. The van der Waals surface area contributed by atoms with E-state index in [4.69, 9.17) is 8.92 Å². The zero-order valence-corrected chi connectivity index (χ0v) is 12.0. The van der Waals surface area contributed by atoms with Gasteiger partial charge in [0.2, 0.25) is 0 Å². The second kappa shape index (κ2) is 6.50. The van der Waals surface area contributed by atoms with Crippen molar-refractivity contribution in [1.29, 1.82) is 0 Å². The van der Waals surface area contributed by atoms with Gasteiger partial charge in [-0.25, -0.2) is 4.79 Å². The average Bonchev–Trinajstić information content (AvgIpc) is 2.41. The van der Waals surface area contributed by atoms with Gasteiger partial charge in [-0.2, -0.15) is 0 Å². The van der Waals surface area contributed by atoms with Gasteiger partial charge in [-0.1, -0.05) is 0 Å². The summed E-state index contributed by atoms with van der Waals surface area (Å²) in [4.78, 5) is 13.7. The van der Waals surface area contributed by atoms with E-state index in [0.29, 0.717) is 0 Å². The lowest BCUT2D eigenvalue weighted by atomic mass is 10.2. The maximum atomic E-state index is 11.9. The lowest BCUT2D eigenvalue weighted by Crippen LogP contribution is -2.37. The zero-order chi connectivity index (χ0) is 12.9. The number of rotatable bonds is 2. The molecule has 1 rings (SSSR count). The van der Waals surface area contributed by atoms with Gasteiger partial charge in [0.15, 0.2) is 0 Å². The molecule has 1 amide bonds.